The van der Waals surface area contributed by atoms with Crippen molar-refractivity contribution in [2.24, 2.45) is 0 Å². The molecule has 0 fully saturated rings. The number of hydrogen-bond donors (Lipinski definition) is 0. The molecule has 14 heavy (non-hydrogen) atoms. The Labute approximate surface area is 91.1 Å². The Balaban J connectivity index is 0. The second-order valence-electron chi connectivity index (χ2n) is 4.27. The zero-order valence-electron chi connectivity index (χ0n) is 11.4. The molecule has 0 heteroatoms. The van der Waals surface area contributed by atoms with Crippen LogP contribution in [-0.2, 0) is 0 Å². The first-order valence-corrected chi connectivity index (χ1v) is 5.62. The molecule has 0 rings (SSSR count). The fourth-order valence-corrected chi connectivity index (χ4v) is 0.707. The van der Waals surface area contributed by atoms with Crippen LogP contribution >= 0.6 is 0 Å². The normalized spacial score (nSPS) is 8.57. The lowest BCUT2D eigenvalue weighted by atomic mass is 10.1. The molecule has 0 N–H and O–H groups in total. The van der Waals surface area contributed by atoms with Crippen molar-refractivity contribution >= 4 is 0 Å². The SMILES string of the molecule is CCC(C)=C(C)C.CCC(C)=C(C)C. The van der Waals surface area contributed by atoms with Crippen LogP contribution in [0.25, 0.3) is 0 Å². The van der Waals surface area contributed by atoms with Crippen LogP contribution in [0, 0.1) is 0 Å². The van der Waals surface area contributed by atoms with Crippen molar-refractivity contribution < 1.29 is 0 Å². The molecule has 0 heterocycles. The molecule has 0 bridgehead atoms. The molecule has 0 aliphatic carbocycles. The average Bonchev–Trinajstić information content (AvgIpc) is 2.15. The fourth-order valence-electron chi connectivity index (χ4n) is 0.707. The molecule has 0 radical (unpaired) electrons. The van der Waals surface area contributed by atoms with Crippen LogP contribution in [0.2, 0.25) is 0 Å². The van der Waals surface area contributed by atoms with Gasteiger partial charge in [-0.05, 0) is 54.4 Å². The largest absolute Gasteiger partial charge is 0.0775 e. The highest BCUT2D eigenvalue weighted by Crippen LogP contribution is 2.04. The van der Waals surface area contributed by atoms with Gasteiger partial charge in [-0.1, -0.05) is 36.1 Å². The van der Waals surface area contributed by atoms with Crippen molar-refractivity contribution in [1.29, 1.82) is 0 Å². The van der Waals surface area contributed by atoms with Crippen LogP contribution in [0.5, 0.6) is 0 Å². The van der Waals surface area contributed by atoms with Gasteiger partial charge in [0.1, 0.15) is 0 Å². The zero-order valence-corrected chi connectivity index (χ0v) is 11.4. The van der Waals surface area contributed by atoms with Gasteiger partial charge in [-0.15, -0.1) is 0 Å². The van der Waals surface area contributed by atoms with Gasteiger partial charge in [0, 0.05) is 0 Å². The molecule has 0 atom stereocenters. The van der Waals surface area contributed by atoms with Crippen molar-refractivity contribution in [3.05, 3.63) is 22.3 Å². The van der Waals surface area contributed by atoms with E-state index in [9.17, 15) is 0 Å². The maximum absolute atomic E-state index is 2.18. The molecule has 0 aromatic carbocycles. The summed E-state index contributed by atoms with van der Waals surface area (Å²) in [6.45, 7) is 17.3. The van der Waals surface area contributed by atoms with Crippen LogP contribution in [0.3, 0.4) is 0 Å². The number of rotatable bonds is 2. The average molecular weight is 196 g/mol. The summed E-state index contributed by atoms with van der Waals surface area (Å²) in [6.07, 6.45) is 2.39. The quantitative estimate of drug-likeness (QED) is 0.511. The van der Waals surface area contributed by atoms with E-state index in [1.807, 2.05) is 0 Å². The Morgan fingerprint density at radius 2 is 0.786 bits per heavy atom. The molecule has 0 aliphatic rings. The third-order valence-electron chi connectivity index (χ3n) is 2.77. The maximum Gasteiger partial charge on any atom is -0.0349 e. The monoisotopic (exact) mass is 196 g/mol. The van der Waals surface area contributed by atoms with E-state index < -0.39 is 0 Å². The standard InChI is InChI=1S/2C7H14/c2*1-5-7(4)6(2)3/h2*5H2,1-4H3. The Morgan fingerprint density at radius 3 is 0.786 bits per heavy atom. The first-order chi connectivity index (χ1) is 6.36. The van der Waals surface area contributed by atoms with E-state index in [1.54, 1.807) is 0 Å². The molecule has 0 saturated heterocycles. The first-order valence-electron chi connectivity index (χ1n) is 5.62. The summed E-state index contributed by atoms with van der Waals surface area (Å²) in [6, 6.07) is 0. The van der Waals surface area contributed by atoms with Crippen LogP contribution in [-0.4, -0.2) is 0 Å². The van der Waals surface area contributed by atoms with Crippen molar-refractivity contribution in [2.75, 3.05) is 0 Å². The Bertz CT molecular complexity index is 172. The summed E-state index contributed by atoms with van der Waals surface area (Å²) in [7, 11) is 0. The molecule has 0 nitrogen and oxygen atoms in total. The summed E-state index contributed by atoms with van der Waals surface area (Å²) in [4.78, 5) is 0. The van der Waals surface area contributed by atoms with Gasteiger partial charge >= 0.3 is 0 Å². The third-order valence-corrected chi connectivity index (χ3v) is 2.77. The van der Waals surface area contributed by atoms with Crippen molar-refractivity contribution in [3.63, 3.8) is 0 Å². The predicted molar refractivity (Wildman–Crippen MR) is 68.7 cm³/mol. The summed E-state index contributed by atoms with van der Waals surface area (Å²) in [5, 5.41) is 0. The van der Waals surface area contributed by atoms with Gasteiger partial charge in [0.25, 0.3) is 0 Å². The Hall–Kier alpha value is -0.520. The molecule has 0 aromatic rings. The summed E-state index contributed by atoms with van der Waals surface area (Å²) in [5.74, 6) is 0. The van der Waals surface area contributed by atoms with E-state index in [0.29, 0.717) is 0 Å². The minimum absolute atomic E-state index is 1.20. The molecule has 0 saturated carbocycles. The first kappa shape index (κ1) is 15.9. The van der Waals surface area contributed by atoms with Gasteiger partial charge in [-0.3, -0.25) is 0 Å². The Morgan fingerprint density at radius 1 is 0.571 bits per heavy atom. The molecule has 84 valence electrons. The van der Waals surface area contributed by atoms with Gasteiger partial charge in [-0.25, -0.2) is 0 Å². The van der Waals surface area contributed by atoms with Gasteiger partial charge in [0.2, 0.25) is 0 Å². The van der Waals surface area contributed by atoms with Crippen LogP contribution in [0.4, 0.5) is 0 Å². The molecule has 0 aromatic heterocycles. The van der Waals surface area contributed by atoms with E-state index in [4.69, 9.17) is 0 Å². The lowest BCUT2D eigenvalue weighted by Gasteiger charge is -1.94. The van der Waals surface area contributed by atoms with Crippen LogP contribution < -0.4 is 0 Å². The molecule has 0 spiro atoms. The minimum atomic E-state index is 1.20. The third kappa shape index (κ3) is 9.57. The highest BCUT2D eigenvalue weighted by Gasteiger charge is 1.83. The second kappa shape index (κ2) is 9.05. The topological polar surface area (TPSA) is 0 Å². The molecule has 0 aliphatic heterocycles. The van der Waals surface area contributed by atoms with Crippen molar-refractivity contribution in [1.82, 2.24) is 0 Å². The Kier molecular flexibility index (Phi) is 10.3. The molecule has 0 unspecified atom stereocenters. The second-order valence-corrected chi connectivity index (χ2v) is 4.27. The number of allylic oxidation sites excluding steroid dienone is 4. The van der Waals surface area contributed by atoms with Gasteiger partial charge in [-0.2, -0.15) is 0 Å². The summed E-state index contributed by atoms with van der Waals surface area (Å²) >= 11 is 0. The van der Waals surface area contributed by atoms with Crippen LogP contribution in [0.15, 0.2) is 22.3 Å². The van der Waals surface area contributed by atoms with Gasteiger partial charge in [0.15, 0.2) is 0 Å². The molecular weight excluding hydrogens is 168 g/mol. The van der Waals surface area contributed by atoms with Gasteiger partial charge in [0.05, 0.1) is 0 Å². The van der Waals surface area contributed by atoms with Crippen molar-refractivity contribution in [3.8, 4) is 0 Å². The maximum atomic E-state index is 2.18. The van der Waals surface area contributed by atoms with Crippen molar-refractivity contribution in [2.45, 2.75) is 68.2 Å². The van der Waals surface area contributed by atoms with Gasteiger partial charge < -0.3 is 0 Å². The van der Waals surface area contributed by atoms with E-state index in [2.05, 4.69) is 55.4 Å². The predicted octanol–water partition coefficient (Wildman–Crippen LogP) is 5.51. The van der Waals surface area contributed by atoms with E-state index >= 15 is 0 Å². The molecular formula is C14H28. The summed E-state index contributed by atoms with van der Waals surface area (Å²) < 4.78 is 0. The van der Waals surface area contributed by atoms with Crippen LogP contribution in [0.1, 0.15) is 68.2 Å². The smallest absolute Gasteiger partial charge is 0.0349 e. The highest BCUT2D eigenvalue weighted by atomic mass is 13.9. The lowest BCUT2D eigenvalue weighted by molar-refractivity contribution is 1.05. The zero-order chi connectivity index (χ0) is 11.7. The summed E-state index contributed by atoms with van der Waals surface area (Å²) in [5.41, 5.74) is 5.95. The lowest BCUT2D eigenvalue weighted by Crippen LogP contribution is -1.73. The van der Waals surface area contributed by atoms with E-state index in [1.165, 1.54) is 35.1 Å². The minimum Gasteiger partial charge on any atom is -0.0775 e. The number of hydrogen-bond acceptors (Lipinski definition) is 0. The highest BCUT2D eigenvalue weighted by molar-refractivity contribution is 5.05. The molecule has 0 amide bonds. The fraction of sp³-hybridized carbons (Fsp3) is 0.714. The van der Waals surface area contributed by atoms with E-state index in [0.717, 1.165) is 0 Å². The van der Waals surface area contributed by atoms with E-state index in [-0.39, 0.29) is 0 Å².